The maximum atomic E-state index is 13.5. The Balaban J connectivity index is 5.80. The molecule has 0 spiro atoms. The molecule has 0 saturated heterocycles. The van der Waals surface area contributed by atoms with Gasteiger partial charge in [0.05, 0.1) is 26.4 Å². The molecule has 0 heterocycles. The monoisotopic (exact) mass is 570 g/mol. The molecule has 0 radical (unpaired) electrons. The van der Waals surface area contributed by atoms with Crippen LogP contribution >= 0.6 is 8.25 Å². The zero-order chi connectivity index (χ0) is 28.4. The van der Waals surface area contributed by atoms with Crippen LogP contribution in [0.25, 0.3) is 0 Å². The predicted octanol–water partition coefficient (Wildman–Crippen LogP) is 7.62. The zero-order valence-corrected chi connectivity index (χ0v) is 26.3. The lowest BCUT2D eigenvalue weighted by molar-refractivity contribution is -0.381. The van der Waals surface area contributed by atoms with Gasteiger partial charge in [0.25, 0.3) is 0 Å². The van der Waals surface area contributed by atoms with Gasteiger partial charge in [-0.15, -0.1) is 0 Å². The summed E-state index contributed by atoms with van der Waals surface area (Å²) in [7, 11) is -3.24. The number of ether oxygens (including phenoxy) is 6. The molecule has 38 heavy (non-hydrogen) atoms. The Kier molecular flexibility index (Phi) is 25.8. The molecule has 0 N–H and O–H groups in total. The molecule has 0 unspecified atom stereocenters. The van der Waals surface area contributed by atoms with E-state index >= 15 is 0 Å². The molecule has 0 atom stereocenters. The van der Waals surface area contributed by atoms with E-state index in [1.54, 1.807) is 0 Å². The first-order valence-electron chi connectivity index (χ1n) is 15.1. The van der Waals surface area contributed by atoms with E-state index in [1.807, 2.05) is 0 Å². The van der Waals surface area contributed by atoms with Crippen LogP contribution in [0.3, 0.4) is 0 Å². The Morgan fingerprint density at radius 1 is 0.447 bits per heavy atom. The summed E-state index contributed by atoms with van der Waals surface area (Å²) in [5, 5.41) is 0. The summed E-state index contributed by atoms with van der Waals surface area (Å²) >= 11 is 0. The molecule has 9 nitrogen and oxygen atoms in total. The quantitative estimate of drug-likeness (QED) is 0.0491. The first-order valence-corrected chi connectivity index (χ1v) is 16.3. The minimum atomic E-state index is -3.24. The number of rotatable bonds is 30. The average molecular weight is 571 g/mol. The smallest absolute Gasteiger partial charge is 0.327 e. The molecule has 0 saturated carbocycles. The van der Waals surface area contributed by atoms with Gasteiger partial charge in [0.15, 0.2) is 0 Å². The Morgan fingerprint density at radius 2 is 0.711 bits per heavy atom. The minimum absolute atomic E-state index is 0.0203. The lowest BCUT2D eigenvalue weighted by Gasteiger charge is -2.36. The van der Waals surface area contributed by atoms with Gasteiger partial charge < -0.3 is 28.4 Å². The van der Waals surface area contributed by atoms with Gasteiger partial charge in [-0.3, -0.25) is 4.57 Å². The van der Waals surface area contributed by atoms with Crippen LogP contribution in [0.5, 0.6) is 0 Å². The van der Waals surface area contributed by atoms with Gasteiger partial charge in [-0.25, -0.2) is 9.05 Å². The van der Waals surface area contributed by atoms with Crippen LogP contribution in [0, 0.1) is 0 Å². The van der Waals surface area contributed by atoms with Crippen molar-refractivity contribution in [1.82, 2.24) is 0 Å². The van der Waals surface area contributed by atoms with E-state index in [-0.39, 0.29) is 13.2 Å². The molecule has 0 aliphatic rings. The Bertz CT molecular complexity index is 472. The maximum absolute atomic E-state index is 13.5. The van der Waals surface area contributed by atoms with Crippen molar-refractivity contribution in [3.8, 4) is 0 Å². The molecule has 0 aromatic carbocycles. The molecule has 0 bridgehead atoms. The molecule has 0 aromatic rings. The maximum Gasteiger partial charge on any atom is 0.327 e. The highest BCUT2D eigenvalue weighted by Crippen LogP contribution is 2.39. The lowest BCUT2D eigenvalue weighted by atomic mass is 10.3. The van der Waals surface area contributed by atoms with Crippen LogP contribution in [-0.2, 0) is 42.0 Å². The highest BCUT2D eigenvalue weighted by molar-refractivity contribution is 7.33. The van der Waals surface area contributed by atoms with Crippen LogP contribution < -0.4 is 0 Å². The highest BCUT2D eigenvalue weighted by atomic mass is 31.1. The number of unbranched alkanes of at least 4 members (excludes halogenated alkanes) is 6. The van der Waals surface area contributed by atoms with Crippen molar-refractivity contribution in [2.24, 2.45) is 0 Å². The normalized spacial score (nSPS) is 12.6. The van der Waals surface area contributed by atoms with Crippen molar-refractivity contribution in [3.63, 3.8) is 0 Å². The molecule has 0 aliphatic carbocycles. The minimum Gasteiger partial charge on any atom is -0.373 e. The summed E-state index contributed by atoms with van der Waals surface area (Å²) in [5.74, 6) is -3.29. The molecule has 0 fully saturated rings. The molecule has 0 rings (SSSR count). The summed E-state index contributed by atoms with van der Waals surface area (Å²) in [4.78, 5) is 0. The molecular formula is C28H59O9P. The standard InChI is InChI=1S/C28H59O9P/c1-7-13-19-30-25-27(32-21-15-9-3,33-22-16-10-4)36-38(29)37-28(34-23-17-11-5,35-24-18-12-6)26-31-20-14-8-2/h38H,7-26H2,1-6H3. The van der Waals surface area contributed by atoms with Gasteiger partial charge in [0.1, 0.15) is 13.2 Å². The van der Waals surface area contributed by atoms with Crippen LogP contribution in [0.15, 0.2) is 0 Å². The highest BCUT2D eigenvalue weighted by Gasteiger charge is 2.42. The average Bonchev–Trinajstić information content (AvgIpc) is 2.90. The summed E-state index contributed by atoms with van der Waals surface area (Å²) in [6, 6.07) is 0. The predicted molar refractivity (Wildman–Crippen MR) is 152 cm³/mol. The molecule has 0 aromatic heterocycles. The molecular weight excluding hydrogens is 511 g/mol. The second-order valence-corrected chi connectivity index (χ2v) is 10.3. The molecule has 0 amide bonds. The third-order valence-corrected chi connectivity index (χ3v) is 6.55. The van der Waals surface area contributed by atoms with Crippen molar-refractivity contribution >= 4 is 8.25 Å². The van der Waals surface area contributed by atoms with Crippen molar-refractivity contribution < 1.29 is 42.0 Å². The first kappa shape index (κ1) is 37.9. The number of hydrogen-bond acceptors (Lipinski definition) is 9. The summed E-state index contributed by atoms with van der Waals surface area (Å²) in [5.41, 5.74) is 0. The van der Waals surface area contributed by atoms with E-state index in [1.165, 1.54) is 0 Å². The fraction of sp³-hybridized carbons (Fsp3) is 1.00. The fourth-order valence-electron chi connectivity index (χ4n) is 3.08. The first-order chi connectivity index (χ1) is 18.5. The van der Waals surface area contributed by atoms with E-state index in [4.69, 9.17) is 37.5 Å². The van der Waals surface area contributed by atoms with Gasteiger partial charge in [-0.05, 0) is 38.5 Å². The van der Waals surface area contributed by atoms with E-state index in [0.717, 1.165) is 77.0 Å². The van der Waals surface area contributed by atoms with Crippen LogP contribution in [-0.4, -0.2) is 64.8 Å². The van der Waals surface area contributed by atoms with Crippen molar-refractivity contribution in [2.45, 2.75) is 131 Å². The van der Waals surface area contributed by atoms with Crippen molar-refractivity contribution in [1.29, 1.82) is 0 Å². The Labute approximate surface area is 233 Å². The molecule has 10 heteroatoms. The van der Waals surface area contributed by atoms with Gasteiger partial charge in [-0.2, -0.15) is 0 Å². The SMILES string of the molecule is CCCCOCC(OCCCC)(OCCCC)O[PH](=O)OC(COCCCC)(OCCCC)OCCCC. The summed E-state index contributed by atoms with van der Waals surface area (Å²) in [6.07, 6.45) is 10.7. The fourth-order valence-corrected chi connectivity index (χ4v) is 3.98. The molecule has 0 aliphatic heterocycles. The largest absolute Gasteiger partial charge is 0.373 e. The lowest BCUT2D eigenvalue weighted by Crippen LogP contribution is -2.46. The summed E-state index contributed by atoms with van der Waals surface area (Å²) in [6.45, 7) is 15.0. The van der Waals surface area contributed by atoms with Gasteiger partial charge in [0, 0.05) is 13.2 Å². The third-order valence-electron chi connectivity index (χ3n) is 5.60. The van der Waals surface area contributed by atoms with E-state index in [2.05, 4.69) is 41.5 Å². The van der Waals surface area contributed by atoms with Crippen molar-refractivity contribution in [2.75, 3.05) is 52.9 Å². The van der Waals surface area contributed by atoms with Crippen molar-refractivity contribution in [3.05, 3.63) is 0 Å². The van der Waals surface area contributed by atoms with Gasteiger partial charge in [-0.1, -0.05) is 80.1 Å². The summed E-state index contributed by atoms with van der Waals surface area (Å²) < 4.78 is 61.3. The van der Waals surface area contributed by atoms with E-state index < -0.39 is 20.2 Å². The molecule has 230 valence electrons. The Hall–Kier alpha value is -0.0900. The second kappa shape index (κ2) is 25.8. The van der Waals surface area contributed by atoms with E-state index in [0.29, 0.717) is 39.6 Å². The zero-order valence-electron chi connectivity index (χ0n) is 25.3. The Morgan fingerprint density at radius 3 is 0.974 bits per heavy atom. The second-order valence-electron chi connectivity index (χ2n) is 9.44. The third kappa shape index (κ3) is 19.1. The van der Waals surface area contributed by atoms with Crippen LogP contribution in [0.1, 0.15) is 119 Å². The van der Waals surface area contributed by atoms with Crippen LogP contribution in [0.4, 0.5) is 0 Å². The topological polar surface area (TPSA) is 90.9 Å². The van der Waals surface area contributed by atoms with Gasteiger partial charge >= 0.3 is 20.2 Å². The van der Waals surface area contributed by atoms with E-state index in [9.17, 15) is 4.57 Å². The number of hydrogen-bond donors (Lipinski definition) is 0. The van der Waals surface area contributed by atoms with Gasteiger partial charge in [0.2, 0.25) is 0 Å². The van der Waals surface area contributed by atoms with Crippen LogP contribution in [0.2, 0.25) is 0 Å².